The zero-order valence-electron chi connectivity index (χ0n) is 6.59. The zero-order valence-corrected chi connectivity index (χ0v) is 6.59. The van der Waals surface area contributed by atoms with E-state index in [0.717, 1.165) is 19.4 Å². The molecule has 0 bridgehead atoms. The van der Waals surface area contributed by atoms with E-state index in [1.165, 1.54) is 0 Å². The number of morpholine rings is 1. The Balaban J connectivity index is 0.000000371. The van der Waals surface area contributed by atoms with Crippen molar-refractivity contribution in [1.82, 2.24) is 5.32 Å². The predicted octanol–water partition coefficient (Wildman–Crippen LogP) is 0.200. The van der Waals surface area contributed by atoms with Crippen LogP contribution in [0.15, 0.2) is 0 Å². The van der Waals surface area contributed by atoms with Gasteiger partial charge < -0.3 is 14.8 Å². The summed E-state index contributed by atoms with van der Waals surface area (Å²) in [7, 11) is 0. The molecule has 0 amide bonds. The third-order valence-electron chi connectivity index (χ3n) is 1.11. The van der Waals surface area contributed by atoms with Gasteiger partial charge in [0.1, 0.15) is 6.29 Å². The topological polar surface area (TPSA) is 38.3 Å². The highest BCUT2D eigenvalue weighted by Gasteiger charge is 2.09. The highest BCUT2D eigenvalue weighted by atomic mass is 16.5. The molecule has 1 atom stereocenters. The van der Waals surface area contributed by atoms with E-state index < -0.39 is 0 Å². The number of carbonyl (C=O) groups excluding carboxylic acids is 1. The minimum absolute atomic E-state index is 0.0660. The second-order valence-electron chi connectivity index (χ2n) is 1.77. The molecule has 0 aromatic carbocycles. The summed E-state index contributed by atoms with van der Waals surface area (Å²) < 4.78 is 4.98. The van der Waals surface area contributed by atoms with Gasteiger partial charge in [0.05, 0.1) is 19.3 Å². The highest BCUT2D eigenvalue weighted by Crippen LogP contribution is 1.87. The van der Waals surface area contributed by atoms with Crippen molar-refractivity contribution in [3.63, 3.8) is 0 Å². The minimum Gasteiger partial charge on any atom is -0.378 e. The Bertz CT molecular complexity index is 79.7. The van der Waals surface area contributed by atoms with Gasteiger partial charge in [-0.05, 0) is 0 Å². The molecule has 0 saturated carbocycles. The van der Waals surface area contributed by atoms with Crippen molar-refractivity contribution in [2.24, 2.45) is 0 Å². The van der Waals surface area contributed by atoms with Gasteiger partial charge in [0, 0.05) is 6.54 Å². The van der Waals surface area contributed by atoms with Gasteiger partial charge in [0.2, 0.25) is 0 Å². The van der Waals surface area contributed by atoms with Gasteiger partial charge in [-0.1, -0.05) is 13.8 Å². The summed E-state index contributed by atoms with van der Waals surface area (Å²) in [4.78, 5) is 10.0. The van der Waals surface area contributed by atoms with Crippen molar-refractivity contribution in [3.05, 3.63) is 0 Å². The SMILES string of the molecule is CC.O=C[C@@H]1COCCN1. The summed E-state index contributed by atoms with van der Waals surface area (Å²) in [5.41, 5.74) is 0. The molecule has 0 radical (unpaired) electrons. The van der Waals surface area contributed by atoms with Crippen LogP contribution in [0.3, 0.4) is 0 Å². The number of carbonyl (C=O) groups is 1. The fraction of sp³-hybridized carbons (Fsp3) is 0.857. The highest BCUT2D eigenvalue weighted by molar-refractivity contribution is 5.57. The van der Waals surface area contributed by atoms with Crippen molar-refractivity contribution < 1.29 is 9.53 Å². The maximum atomic E-state index is 10.0. The monoisotopic (exact) mass is 145 g/mol. The molecule has 1 N–H and O–H groups in total. The second-order valence-corrected chi connectivity index (χ2v) is 1.77. The summed E-state index contributed by atoms with van der Waals surface area (Å²) in [6.45, 7) is 6.05. The van der Waals surface area contributed by atoms with E-state index in [4.69, 9.17) is 4.74 Å². The average molecular weight is 145 g/mol. The molecular weight excluding hydrogens is 130 g/mol. The Morgan fingerprint density at radius 3 is 2.60 bits per heavy atom. The fourth-order valence-corrected chi connectivity index (χ4v) is 0.673. The van der Waals surface area contributed by atoms with Gasteiger partial charge >= 0.3 is 0 Å². The fourth-order valence-electron chi connectivity index (χ4n) is 0.673. The summed E-state index contributed by atoms with van der Waals surface area (Å²) in [6.07, 6.45) is 0.874. The van der Waals surface area contributed by atoms with Gasteiger partial charge in [-0.3, -0.25) is 0 Å². The molecule has 1 saturated heterocycles. The van der Waals surface area contributed by atoms with Crippen molar-refractivity contribution in [2.75, 3.05) is 19.8 Å². The molecule has 0 aliphatic carbocycles. The van der Waals surface area contributed by atoms with Crippen molar-refractivity contribution in [2.45, 2.75) is 19.9 Å². The van der Waals surface area contributed by atoms with Gasteiger partial charge in [-0.25, -0.2) is 0 Å². The first-order valence-electron chi connectivity index (χ1n) is 3.70. The smallest absolute Gasteiger partial charge is 0.139 e. The number of aldehydes is 1. The molecule has 3 nitrogen and oxygen atoms in total. The van der Waals surface area contributed by atoms with Gasteiger partial charge in [-0.2, -0.15) is 0 Å². The Morgan fingerprint density at radius 1 is 1.60 bits per heavy atom. The van der Waals surface area contributed by atoms with Crippen LogP contribution in [-0.2, 0) is 9.53 Å². The van der Waals surface area contributed by atoms with E-state index in [1.54, 1.807) is 0 Å². The van der Waals surface area contributed by atoms with Crippen LogP contribution in [0.2, 0.25) is 0 Å². The van der Waals surface area contributed by atoms with Crippen LogP contribution >= 0.6 is 0 Å². The van der Waals surface area contributed by atoms with E-state index in [1.807, 2.05) is 13.8 Å². The first kappa shape index (κ1) is 9.59. The van der Waals surface area contributed by atoms with E-state index >= 15 is 0 Å². The van der Waals surface area contributed by atoms with Gasteiger partial charge in [0.25, 0.3) is 0 Å². The maximum absolute atomic E-state index is 10.0. The molecule has 10 heavy (non-hydrogen) atoms. The maximum Gasteiger partial charge on any atom is 0.139 e. The van der Waals surface area contributed by atoms with Crippen molar-refractivity contribution in [1.29, 1.82) is 0 Å². The minimum atomic E-state index is -0.0660. The molecule has 0 spiro atoms. The molecule has 1 heterocycles. The molecule has 1 aliphatic heterocycles. The third kappa shape index (κ3) is 3.58. The zero-order chi connectivity index (χ0) is 7.82. The third-order valence-corrected chi connectivity index (χ3v) is 1.11. The number of rotatable bonds is 1. The standard InChI is InChI=1S/C5H9NO2.C2H6/c7-3-5-4-8-2-1-6-5;1-2/h3,5-6H,1-2,4H2;1-2H3/t5-;/m1./s1. The molecule has 60 valence electrons. The molecule has 1 rings (SSSR count). The van der Waals surface area contributed by atoms with Crippen molar-refractivity contribution in [3.8, 4) is 0 Å². The van der Waals surface area contributed by atoms with Crippen LogP contribution in [0.5, 0.6) is 0 Å². The van der Waals surface area contributed by atoms with Gasteiger partial charge in [0.15, 0.2) is 0 Å². The van der Waals surface area contributed by atoms with Crippen LogP contribution in [0, 0.1) is 0 Å². The molecule has 1 fully saturated rings. The Kier molecular flexibility index (Phi) is 6.43. The number of hydrogen-bond acceptors (Lipinski definition) is 3. The quantitative estimate of drug-likeness (QED) is 0.536. The first-order valence-corrected chi connectivity index (χ1v) is 3.70. The Morgan fingerprint density at radius 2 is 2.30 bits per heavy atom. The number of nitrogens with one attached hydrogen (secondary N) is 1. The van der Waals surface area contributed by atoms with E-state index in [9.17, 15) is 4.79 Å². The lowest BCUT2D eigenvalue weighted by molar-refractivity contribution is -0.112. The lowest BCUT2D eigenvalue weighted by Gasteiger charge is -2.17. The first-order chi connectivity index (χ1) is 4.93. The number of ether oxygens (including phenoxy) is 1. The normalized spacial score (nSPS) is 24.4. The molecular formula is C7H15NO2. The molecule has 0 aromatic rings. The Hall–Kier alpha value is -0.410. The lowest BCUT2D eigenvalue weighted by Crippen LogP contribution is -2.42. The van der Waals surface area contributed by atoms with Crippen LogP contribution in [0.4, 0.5) is 0 Å². The molecule has 3 heteroatoms. The summed E-state index contributed by atoms with van der Waals surface area (Å²) in [6, 6.07) is -0.0660. The van der Waals surface area contributed by atoms with E-state index in [2.05, 4.69) is 5.32 Å². The molecule has 0 aromatic heterocycles. The van der Waals surface area contributed by atoms with E-state index in [0.29, 0.717) is 6.61 Å². The molecule has 1 aliphatic rings. The van der Waals surface area contributed by atoms with Gasteiger partial charge in [-0.15, -0.1) is 0 Å². The van der Waals surface area contributed by atoms with Crippen LogP contribution in [-0.4, -0.2) is 32.1 Å². The lowest BCUT2D eigenvalue weighted by atomic mass is 10.3. The average Bonchev–Trinajstić information content (AvgIpc) is 2.10. The Labute approximate surface area is 61.8 Å². The van der Waals surface area contributed by atoms with Crippen LogP contribution in [0.25, 0.3) is 0 Å². The summed E-state index contributed by atoms with van der Waals surface area (Å²) >= 11 is 0. The summed E-state index contributed by atoms with van der Waals surface area (Å²) in [5.74, 6) is 0. The largest absolute Gasteiger partial charge is 0.378 e. The predicted molar refractivity (Wildman–Crippen MR) is 40.0 cm³/mol. The van der Waals surface area contributed by atoms with E-state index in [-0.39, 0.29) is 6.04 Å². The van der Waals surface area contributed by atoms with Crippen molar-refractivity contribution >= 4 is 6.29 Å². The molecule has 0 unspecified atom stereocenters. The second kappa shape index (κ2) is 6.71. The number of hydrogen-bond donors (Lipinski definition) is 1. The summed E-state index contributed by atoms with van der Waals surface area (Å²) in [5, 5.41) is 2.98. The van der Waals surface area contributed by atoms with Crippen LogP contribution < -0.4 is 5.32 Å². The van der Waals surface area contributed by atoms with Crippen LogP contribution in [0.1, 0.15) is 13.8 Å².